The second-order valence-corrected chi connectivity index (χ2v) is 11.0. The Hall–Kier alpha value is -5.91. The molecule has 1 heterocycles. The van der Waals surface area contributed by atoms with Crippen LogP contribution < -0.4 is 11.1 Å². The topological polar surface area (TPSA) is 76.7 Å². The lowest BCUT2D eigenvalue weighted by Crippen LogP contribution is -2.20. The highest BCUT2D eigenvalue weighted by atomic mass is 15.0. The Morgan fingerprint density at radius 2 is 0.891 bits per heavy atom. The SMILES string of the molecule is C/C=C(\NCN)c1ccc(-c2ccc(-c3ccc(-c4nc(-c5ccccc5)nc(-c5ccccc5)n4)cc3)c3ccccc23)cc1. The molecule has 1 aromatic heterocycles. The van der Waals surface area contributed by atoms with Crippen molar-refractivity contribution in [2.75, 3.05) is 6.67 Å². The first-order chi connectivity index (χ1) is 22.7. The molecule has 7 rings (SSSR count). The van der Waals surface area contributed by atoms with Crippen molar-refractivity contribution in [1.29, 1.82) is 0 Å². The second kappa shape index (κ2) is 13.0. The second-order valence-electron chi connectivity index (χ2n) is 11.0. The van der Waals surface area contributed by atoms with Crippen molar-refractivity contribution in [3.05, 3.63) is 157 Å². The molecule has 0 fully saturated rings. The summed E-state index contributed by atoms with van der Waals surface area (Å²) >= 11 is 0. The van der Waals surface area contributed by atoms with Crippen LogP contribution in [0, 0.1) is 0 Å². The summed E-state index contributed by atoms with van der Waals surface area (Å²) in [5.41, 5.74) is 15.4. The molecule has 0 spiro atoms. The van der Waals surface area contributed by atoms with E-state index in [4.69, 9.17) is 20.7 Å². The molecule has 5 heteroatoms. The monoisotopic (exact) mass is 595 g/mol. The molecule has 222 valence electrons. The lowest BCUT2D eigenvalue weighted by atomic mass is 9.91. The molecule has 5 nitrogen and oxygen atoms in total. The van der Waals surface area contributed by atoms with Crippen LogP contribution in [0.3, 0.4) is 0 Å². The van der Waals surface area contributed by atoms with Crippen LogP contribution in [0.15, 0.2) is 152 Å². The summed E-state index contributed by atoms with van der Waals surface area (Å²) in [4.78, 5) is 14.6. The Labute approximate surface area is 269 Å². The van der Waals surface area contributed by atoms with E-state index in [2.05, 4.69) is 90.2 Å². The molecule has 46 heavy (non-hydrogen) atoms. The minimum absolute atomic E-state index is 0.396. The molecule has 0 saturated carbocycles. The average Bonchev–Trinajstić information content (AvgIpc) is 3.14. The van der Waals surface area contributed by atoms with Crippen LogP contribution in [-0.2, 0) is 0 Å². The number of nitrogens with zero attached hydrogens (tertiary/aromatic N) is 3. The maximum Gasteiger partial charge on any atom is 0.164 e. The average molecular weight is 596 g/mol. The van der Waals surface area contributed by atoms with Crippen molar-refractivity contribution in [2.24, 2.45) is 5.73 Å². The van der Waals surface area contributed by atoms with Crippen molar-refractivity contribution < 1.29 is 0 Å². The van der Waals surface area contributed by atoms with Crippen LogP contribution >= 0.6 is 0 Å². The highest BCUT2D eigenvalue weighted by molar-refractivity contribution is 6.05. The molecule has 0 bridgehead atoms. The largest absolute Gasteiger partial charge is 0.372 e. The predicted molar refractivity (Wildman–Crippen MR) is 190 cm³/mol. The zero-order valence-electron chi connectivity index (χ0n) is 25.6. The van der Waals surface area contributed by atoms with Gasteiger partial charge in [0.25, 0.3) is 0 Å². The fraction of sp³-hybridized carbons (Fsp3) is 0.0488. The van der Waals surface area contributed by atoms with E-state index in [9.17, 15) is 0 Å². The van der Waals surface area contributed by atoms with E-state index in [1.807, 2.05) is 73.7 Å². The summed E-state index contributed by atoms with van der Waals surface area (Å²) in [6.45, 7) is 2.41. The highest BCUT2D eigenvalue weighted by Gasteiger charge is 2.14. The van der Waals surface area contributed by atoms with Gasteiger partial charge in [0.15, 0.2) is 17.5 Å². The van der Waals surface area contributed by atoms with E-state index in [0.29, 0.717) is 24.1 Å². The molecule has 0 unspecified atom stereocenters. The van der Waals surface area contributed by atoms with Gasteiger partial charge in [0.05, 0.1) is 6.67 Å². The van der Waals surface area contributed by atoms with Crippen LogP contribution in [0.5, 0.6) is 0 Å². The van der Waals surface area contributed by atoms with E-state index in [0.717, 1.165) is 33.5 Å². The number of benzene rings is 6. The first kappa shape index (κ1) is 28.8. The zero-order chi connectivity index (χ0) is 31.3. The molecule has 3 N–H and O–H groups in total. The number of hydrogen-bond donors (Lipinski definition) is 2. The van der Waals surface area contributed by atoms with Crippen LogP contribution in [0.1, 0.15) is 12.5 Å². The molecule has 6 aromatic carbocycles. The highest BCUT2D eigenvalue weighted by Crippen LogP contribution is 2.36. The van der Waals surface area contributed by atoms with Crippen LogP contribution in [-0.4, -0.2) is 21.6 Å². The van der Waals surface area contributed by atoms with E-state index >= 15 is 0 Å². The number of nitrogens with two attached hydrogens (primary N) is 1. The minimum Gasteiger partial charge on any atom is -0.372 e. The van der Waals surface area contributed by atoms with Gasteiger partial charge in [0.1, 0.15) is 0 Å². The van der Waals surface area contributed by atoms with Gasteiger partial charge in [-0.1, -0.05) is 152 Å². The number of aromatic nitrogens is 3. The molecule has 0 aliphatic heterocycles. The molecule has 0 saturated heterocycles. The van der Waals surface area contributed by atoms with Crippen LogP contribution in [0.4, 0.5) is 0 Å². The number of fused-ring (bicyclic) bond motifs is 1. The van der Waals surface area contributed by atoms with Gasteiger partial charge >= 0.3 is 0 Å². The van der Waals surface area contributed by atoms with Crippen LogP contribution in [0.2, 0.25) is 0 Å². The van der Waals surface area contributed by atoms with Gasteiger partial charge in [-0.3, -0.25) is 0 Å². The van der Waals surface area contributed by atoms with Gasteiger partial charge in [-0.15, -0.1) is 0 Å². The maximum atomic E-state index is 5.72. The Balaban J connectivity index is 1.25. The van der Waals surface area contributed by atoms with Gasteiger partial charge in [-0.05, 0) is 45.5 Å². The summed E-state index contributed by atoms with van der Waals surface area (Å²) in [5, 5.41) is 5.64. The minimum atomic E-state index is 0.396. The molecule has 0 aliphatic carbocycles. The van der Waals surface area contributed by atoms with Gasteiger partial charge in [0.2, 0.25) is 0 Å². The number of hydrogen-bond acceptors (Lipinski definition) is 5. The van der Waals surface area contributed by atoms with Crippen molar-refractivity contribution in [2.45, 2.75) is 6.92 Å². The number of nitrogens with one attached hydrogen (secondary N) is 1. The standard InChI is InChI=1S/C41H33N5/c1-2-38(43-27-42)30-21-17-28(18-22-30)34-25-26-35(37-16-10-9-15-36(34)37)29-19-23-33(24-20-29)41-45-39(31-11-5-3-6-12-31)44-40(46-41)32-13-7-4-8-14-32/h2-26,43H,27,42H2,1H3/b38-2-. The van der Waals surface area contributed by atoms with Crippen LogP contribution in [0.25, 0.3) is 72.9 Å². The molecule has 7 aromatic rings. The third-order valence-corrected chi connectivity index (χ3v) is 8.17. The first-order valence-electron chi connectivity index (χ1n) is 15.4. The van der Waals surface area contributed by atoms with Crippen molar-refractivity contribution >= 4 is 16.5 Å². The smallest absolute Gasteiger partial charge is 0.164 e. The maximum absolute atomic E-state index is 5.72. The van der Waals surface area contributed by atoms with E-state index < -0.39 is 0 Å². The zero-order valence-corrected chi connectivity index (χ0v) is 25.6. The van der Waals surface area contributed by atoms with Gasteiger partial charge in [-0.2, -0.15) is 0 Å². The molecule has 0 aliphatic rings. The summed E-state index contributed by atoms with van der Waals surface area (Å²) in [6, 6.07) is 50.3. The Morgan fingerprint density at radius 1 is 0.500 bits per heavy atom. The molecular formula is C41H33N5. The van der Waals surface area contributed by atoms with E-state index in [1.54, 1.807) is 0 Å². The Bertz CT molecular complexity index is 2080. The number of allylic oxidation sites excluding steroid dienone is 1. The fourth-order valence-electron chi connectivity index (χ4n) is 5.85. The Morgan fingerprint density at radius 3 is 1.33 bits per heavy atom. The van der Waals surface area contributed by atoms with E-state index in [1.165, 1.54) is 27.5 Å². The first-order valence-corrected chi connectivity index (χ1v) is 15.4. The summed E-state index contributed by atoms with van der Waals surface area (Å²) in [7, 11) is 0. The van der Waals surface area contributed by atoms with E-state index in [-0.39, 0.29) is 0 Å². The quantitative estimate of drug-likeness (QED) is 0.171. The third-order valence-electron chi connectivity index (χ3n) is 8.17. The van der Waals surface area contributed by atoms with Crippen molar-refractivity contribution in [3.63, 3.8) is 0 Å². The summed E-state index contributed by atoms with van der Waals surface area (Å²) in [5.74, 6) is 1.95. The fourth-order valence-corrected chi connectivity index (χ4v) is 5.85. The lowest BCUT2D eigenvalue weighted by Gasteiger charge is -2.14. The lowest BCUT2D eigenvalue weighted by molar-refractivity contribution is 0.901. The summed E-state index contributed by atoms with van der Waals surface area (Å²) < 4.78 is 0. The van der Waals surface area contributed by atoms with Gasteiger partial charge < -0.3 is 11.1 Å². The predicted octanol–water partition coefficient (Wildman–Crippen LogP) is 9.23. The van der Waals surface area contributed by atoms with Crippen molar-refractivity contribution in [3.8, 4) is 56.4 Å². The molecule has 0 amide bonds. The van der Waals surface area contributed by atoms with Gasteiger partial charge in [0, 0.05) is 22.4 Å². The number of rotatable bonds is 8. The normalized spacial score (nSPS) is 11.5. The molecular weight excluding hydrogens is 562 g/mol. The summed E-state index contributed by atoms with van der Waals surface area (Å²) in [6.07, 6.45) is 2.04. The molecule has 0 atom stereocenters. The Kier molecular flexibility index (Phi) is 8.14. The molecule has 0 radical (unpaired) electrons. The third kappa shape index (κ3) is 5.80. The van der Waals surface area contributed by atoms with Gasteiger partial charge in [-0.25, -0.2) is 15.0 Å². The van der Waals surface area contributed by atoms with Crippen molar-refractivity contribution in [1.82, 2.24) is 20.3 Å².